The van der Waals surface area contributed by atoms with Gasteiger partial charge in [-0.2, -0.15) is 0 Å². The van der Waals surface area contributed by atoms with Crippen LogP contribution in [0.15, 0.2) is 16.9 Å². The van der Waals surface area contributed by atoms with E-state index < -0.39 is 0 Å². The summed E-state index contributed by atoms with van der Waals surface area (Å²) in [5.41, 5.74) is 9.98. The molecule has 5 aliphatic rings. The van der Waals surface area contributed by atoms with Gasteiger partial charge in [0.1, 0.15) is 0 Å². The standard InChI is InChI=1S/C11H13P/c1-7-2-3-12(7)10-9-4-8-5-11(9,10)6-8/h7,10H,2-3,5-6H2,1H3/t7-,10?,12?/m1/s1. The Kier molecular flexibility index (Phi) is 0.860. The van der Waals surface area contributed by atoms with Crippen LogP contribution in [-0.2, 0) is 0 Å². The molecule has 62 valence electrons. The zero-order valence-electron chi connectivity index (χ0n) is 7.43. The molecule has 0 radical (unpaired) electrons. The van der Waals surface area contributed by atoms with Gasteiger partial charge < -0.3 is 0 Å². The molecule has 3 fully saturated rings. The minimum atomic E-state index is 0.436. The van der Waals surface area contributed by atoms with Crippen molar-refractivity contribution in [3.8, 4) is 0 Å². The van der Waals surface area contributed by atoms with Gasteiger partial charge in [-0.05, 0) is 42.2 Å². The summed E-state index contributed by atoms with van der Waals surface area (Å²) in [7, 11) is 0.436. The summed E-state index contributed by atoms with van der Waals surface area (Å²) >= 11 is 0. The molecule has 2 unspecified atom stereocenters. The highest BCUT2D eigenvalue weighted by Gasteiger charge is 2.71. The van der Waals surface area contributed by atoms with Crippen LogP contribution in [-0.4, -0.2) is 17.5 Å². The van der Waals surface area contributed by atoms with Crippen LogP contribution in [0.5, 0.6) is 0 Å². The van der Waals surface area contributed by atoms with Crippen LogP contribution < -0.4 is 0 Å². The van der Waals surface area contributed by atoms with Gasteiger partial charge in [0.2, 0.25) is 0 Å². The fourth-order valence-electron chi connectivity index (χ4n) is 3.37. The molecule has 4 aliphatic carbocycles. The Morgan fingerprint density at radius 3 is 2.75 bits per heavy atom. The molecule has 0 aromatic carbocycles. The van der Waals surface area contributed by atoms with Crippen LogP contribution in [0.3, 0.4) is 0 Å². The predicted molar refractivity (Wildman–Crippen MR) is 51.9 cm³/mol. The number of allylic oxidation sites excluding steroid dienone is 1. The van der Waals surface area contributed by atoms with Crippen molar-refractivity contribution < 1.29 is 0 Å². The minimum Gasteiger partial charge on any atom is -0.121 e. The van der Waals surface area contributed by atoms with Gasteiger partial charge in [-0.15, -0.1) is 5.73 Å². The molecule has 0 amide bonds. The van der Waals surface area contributed by atoms with Crippen molar-refractivity contribution in [1.29, 1.82) is 0 Å². The summed E-state index contributed by atoms with van der Waals surface area (Å²) in [5.74, 6) is 0. The Bertz CT molecular complexity index is 338. The molecule has 0 aromatic heterocycles. The zero-order chi connectivity index (χ0) is 7.92. The number of hydrogen-bond donors (Lipinski definition) is 0. The van der Waals surface area contributed by atoms with Crippen molar-refractivity contribution in [3.05, 3.63) is 16.9 Å². The van der Waals surface area contributed by atoms with Crippen molar-refractivity contribution in [1.82, 2.24) is 0 Å². The molecule has 2 bridgehead atoms. The Labute approximate surface area is 74.5 Å². The van der Waals surface area contributed by atoms with Gasteiger partial charge in [0.25, 0.3) is 0 Å². The Hall–Kier alpha value is -0.0500. The predicted octanol–water partition coefficient (Wildman–Crippen LogP) is 2.89. The normalized spacial score (nSPS) is 49.9. The van der Waals surface area contributed by atoms with E-state index in [4.69, 9.17) is 0 Å². The molecule has 12 heavy (non-hydrogen) atoms. The molecular formula is C11H13P. The molecule has 2 saturated carbocycles. The molecule has 0 N–H and O–H groups in total. The highest BCUT2D eigenvalue weighted by Crippen LogP contribution is 2.83. The van der Waals surface area contributed by atoms with Gasteiger partial charge in [-0.25, -0.2) is 0 Å². The van der Waals surface area contributed by atoms with Gasteiger partial charge >= 0.3 is 0 Å². The van der Waals surface area contributed by atoms with Crippen LogP contribution in [0.2, 0.25) is 0 Å². The Morgan fingerprint density at radius 1 is 1.50 bits per heavy atom. The van der Waals surface area contributed by atoms with Crippen molar-refractivity contribution in [3.63, 3.8) is 0 Å². The molecule has 0 nitrogen and oxygen atoms in total. The molecule has 1 saturated heterocycles. The highest BCUT2D eigenvalue weighted by atomic mass is 31.1. The summed E-state index contributed by atoms with van der Waals surface area (Å²) < 4.78 is 0. The molecule has 1 heteroatoms. The zero-order valence-corrected chi connectivity index (χ0v) is 8.32. The van der Waals surface area contributed by atoms with Crippen molar-refractivity contribution >= 4 is 7.92 Å². The monoisotopic (exact) mass is 176 g/mol. The van der Waals surface area contributed by atoms with E-state index in [1.807, 2.05) is 0 Å². The van der Waals surface area contributed by atoms with E-state index in [9.17, 15) is 0 Å². The second kappa shape index (κ2) is 1.61. The SMILES string of the molecule is C[C@@H]1CCP1C1C2=C=C3CC21C3. The lowest BCUT2D eigenvalue weighted by molar-refractivity contribution is 0.432. The highest BCUT2D eigenvalue weighted by molar-refractivity contribution is 7.61. The van der Waals surface area contributed by atoms with Gasteiger partial charge in [-0.3, -0.25) is 0 Å². The quantitative estimate of drug-likeness (QED) is 0.425. The first-order valence-electron chi connectivity index (χ1n) is 5.06. The van der Waals surface area contributed by atoms with Crippen LogP contribution in [0.25, 0.3) is 0 Å². The molecule has 0 aromatic rings. The third-order valence-corrected chi connectivity index (χ3v) is 7.90. The summed E-state index contributed by atoms with van der Waals surface area (Å²) in [6.07, 6.45) is 5.95. The maximum absolute atomic E-state index is 3.62. The number of rotatable bonds is 1. The smallest absolute Gasteiger partial charge is 0.0192 e. The average Bonchev–Trinajstić information content (AvgIpc) is 2.43. The van der Waals surface area contributed by atoms with E-state index in [-0.39, 0.29) is 0 Å². The third-order valence-electron chi connectivity index (χ3n) is 4.32. The van der Waals surface area contributed by atoms with Gasteiger partial charge in [0, 0.05) is 11.1 Å². The fraction of sp³-hybridized carbons (Fsp3) is 0.727. The lowest BCUT2D eigenvalue weighted by Gasteiger charge is -2.38. The van der Waals surface area contributed by atoms with Crippen LogP contribution >= 0.6 is 7.92 Å². The first-order chi connectivity index (χ1) is 5.81. The van der Waals surface area contributed by atoms with Crippen molar-refractivity contribution in [2.45, 2.75) is 37.5 Å². The Morgan fingerprint density at radius 2 is 2.33 bits per heavy atom. The van der Waals surface area contributed by atoms with Crippen LogP contribution in [0.1, 0.15) is 26.2 Å². The first-order valence-corrected chi connectivity index (χ1v) is 6.73. The summed E-state index contributed by atoms with van der Waals surface area (Å²) in [6, 6.07) is 0. The van der Waals surface area contributed by atoms with E-state index in [2.05, 4.69) is 12.7 Å². The van der Waals surface area contributed by atoms with Crippen LogP contribution in [0.4, 0.5) is 0 Å². The lowest BCUT2D eigenvalue weighted by atomic mass is 9.80. The third kappa shape index (κ3) is 0.475. The van der Waals surface area contributed by atoms with E-state index >= 15 is 0 Å². The minimum absolute atomic E-state index is 0.436. The topological polar surface area (TPSA) is 0 Å². The Balaban J connectivity index is 1.71. The second-order valence-electron chi connectivity index (χ2n) is 4.93. The summed E-state index contributed by atoms with van der Waals surface area (Å²) in [6.45, 7) is 2.46. The second-order valence-corrected chi connectivity index (χ2v) is 7.80. The van der Waals surface area contributed by atoms with Crippen LogP contribution in [0, 0.1) is 5.41 Å². The van der Waals surface area contributed by atoms with E-state index in [1.54, 1.807) is 17.3 Å². The van der Waals surface area contributed by atoms with Gasteiger partial charge in [0.05, 0.1) is 0 Å². The van der Waals surface area contributed by atoms with E-state index in [1.165, 1.54) is 19.3 Å². The summed E-state index contributed by atoms with van der Waals surface area (Å²) in [5, 5.41) is 0. The summed E-state index contributed by atoms with van der Waals surface area (Å²) in [4.78, 5) is 0. The van der Waals surface area contributed by atoms with Gasteiger partial charge in [0.15, 0.2) is 0 Å². The fourth-order valence-corrected chi connectivity index (χ4v) is 6.74. The molecule has 1 heterocycles. The number of hydrogen-bond acceptors (Lipinski definition) is 0. The molecular weight excluding hydrogens is 163 g/mol. The van der Waals surface area contributed by atoms with E-state index in [0.717, 1.165) is 16.7 Å². The largest absolute Gasteiger partial charge is 0.121 e. The lowest BCUT2D eigenvalue weighted by Crippen LogP contribution is -2.25. The molecule has 3 atom stereocenters. The molecule has 5 rings (SSSR count). The van der Waals surface area contributed by atoms with Gasteiger partial charge in [-0.1, -0.05) is 14.8 Å². The first kappa shape index (κ1) is 6.41. The average molecular weight is 176 g/mol. The maximum atomic E-state index is 3.62. The molecule has 1 aliphatic heterocycles. The van der Waals surface area contributed by atoms with Crippen molar-refractivity contribution in [2.75, 3.05) is 6.16 Å². The van der Waals surface area contributed by atoms with Crippen molar-refractivity contribution in [2.24, 2.45) is 5.41 Å². The molecule has 1 spiro atoms. The van der Waals surface area contributed by atoms with E-state index in [0.29, 0.717) is 7.92 Å². The maximum Gasteiger partial charge on any atom is 0.0192 e.